The van der Waals surface area contributed by atoms with Gasteiger partial charge < -0.3 is 19.5 Å². The summed E-state index contributed by atoms with van der Waals surface area (Å²) < 4.78 is 5.29. The number of fused-ring (bicyclic) bond motifs is 1. The molecule has 2 N–H and O–H groups in total. The first-order valence-electron chi connectivity index (χ1n) is 12.2. The fourth-order valence-corrected chi connectivity index (χ4v) is 4.54. The lowest BCUT2D eigenvalue weighted by Crippen LogP contribution is -2.46. The molecule has 0 radical (unpaired) electrons. The first-order chi connectivity index (χ1) is 17.1. The van der Waals surface area contributed by atoms with E-state index in [1.54, 1.807) is 4.90 Å². The number of carbonyl (C=O) groups is 1. The molecule has 184 valence electrons. The number of morpholine rings is 1. The zero-order valence-electron chi connectivity index (χ0n) is 20.0. The number of nitrogens with one attached hydrogen (secondary N) is 2. The number of carbonyl (C=O) groups excluding carboxylic acids is 1. The van der Waals surface area contributed by atoms with Crippen molar-refractivity contribution in [2.75, 3.05) is 62.7 Å². The van der Waals surface area contributed by atoms with Crippen LogP contribution in [0.1, 0.15) is 18.1 Å². The molecule has 2 aliphatic heterocycles. The monoisotopic (exact) mass is 477 g/mol. The number of amides is 2. The molecule has 2 amide bonds. The highest BCUT2D eigenvalue weighted by atomic mass is 16.5. The summed E-state index contributed by atoms with van der Waals surface area (Å²) in [6, 6.07) is 7.63. The first kappa shape index (κ1) is 23.3. The van der Waals surface area contributed by atoms with Crippen LogP contribution in [0.15, 0.2) is 41.5 Å². The van der Waals surface area contributed by atoms with Crippen molar-refractivity contribution in [2.24, 2.45) is 0 Å². The summed E-state index contributed by atoms with van der Waals surface area (Å²) in [7, 11) is 0. The van der Waals surface area contributed by atoms with Crippen molar-refractivity contribution in [3.05, 3.63) is 58.1 Å². The van der Waals surface area contributed by atoms with Crippen molar-refractivity contribution in [1.82, 2.24) is 24.8 Å². The van der Waals surface area contributed by atoms with Crippen LogP contribution in [0.2, 0.25) is 0 Å². The zero-order valence-corrected chi connectivity index (χ0v) is 20.0. The minimum Gasteiger partial charge on any atom is -0.378 e. The van der Waals surface area contributed by atoms with Gasteiger partial charge in [0.05, 0.1) is 36.1 Å². The number of nitrogens with zero attached hydrogens (tertiary/aromatic N) is 5. The molecule has 5 rings (SSSR count). The Bertz CT molecular complexity index is 1230. The van der Waals surface area contributed by atoms with Crippen LogP contribution < -0.4 is 15.8 Å². The molecule has 0 aliphatic carbocycles. The van der Waals surface area contributed by atoms with Crippen LogP contribution in [-0.4, -0.2) is 83.3 Å². The number of hydrogen-bond donors (Lipinski definition) is 2. The van der Waals surface area contributed by atoms with Gasteiger partial charge in [-0.05, 0) is 36.2 Å². The molecule has 0 spiro atoms. The average molecular weight is 478 g/mol. The van der Waals surface area contributed by atoms with Gasteiger partial charge in [0, 0.05) is 57.6 Å². The standard InChI is InChI=1S/C25H31N7O3/c1-2-19-14-21-22(28-24(19)33)13-18(15-26-21)17-30-5-7-31(8-6-30)20-3-4-23(27-16-20)29-25(34)32-9-11-35-12-10-32/h3-4,13-16H,2,5-12,17H2,1H3,(H,28,33)(H,27,29,34). The largest absolute Gasteiger partial charge is 0.378 e. The molecule has 0 bridgehead atoms. The lowest BCUT2D eigenvalue weighted by molar-refractivity contribution is 0.0564. The fourth-order valence-electron chi connectivity index (χ4n) is 4.54. The zero-order chi connectivity index (χ0) is 24.2. The number of aromatic amines is 1. The maximum absolute atomic E-state index is 12.3. The van der Waals surface area contributed by atoms with E-state index in [9.17, 15) is 9.59 Å². The smallest absolute Gasteiger partial charge is 0.323 e. The van der Waals surface area contributed by atoms with Crippen LogP contribution in [0.5, 0.6) is 0 Å². The van der Waals surface area contributed by atoms with Gasteiger partial charge in [0.1, 0.15) is 5.82 Å². The number of rotatable bonds is 5. The Labute approximate surface area is 203 Å². The Morgan fingerprint density at radius 1 is 1.06 bits per heavy atom. The first-order valence-corrected chi connectivity index (χ1v) is 12.2. The van der Waals surface area contributed by atoms with Crippen molar-refractivity contribution in [3.8, 4) is 0 Å². The topological polar surface area (TPSA) is 107 Å². The summed E-state index contributed by atoms with van der Waals surface area (Å²) in [4.78, 5) is 42.9. The second-order valence-electron chi connectivity index (χ2n) is 8.95. The minimum absolute atomic E-state index is 0.0344. The van der Waals surface area contributed by atoms with Crippen molar-refractivity contribution in [1.29, 1.82) is 0 Å². The number of piperazine rings is 1. The molecule has 0 atom stereocenters. The summed E-state index contributed by atoms with van der Waals surface area (Å²) in [5.74, 6) is 0.553. The molecule has 3 aromatic rings. The third-order valence-electron chi connectivity index (χ3n) is 6.63. The highest BCUT2D eigenvalue weighted by Gasteiger charge is 2.19. The van der Waals surface area contributed by atoms with E-state index >= 15 is 0 Å². The Morgan fingerprint density at radius 2 is 1.86 bits per heavy atom. The Morgan fingerprint density at radius 3 is 2.57 bits per heavy atom. The van der Waals surface area contributed by atoms with Crippen LogP contribution in [0, 0.1) is 0 Å². The highest BCUT2D eigenvalue weighted by molar-refractivity contribution is 5.88. The summed E-state index contributed by atoms with van der Waals surface area (Å²) >= 11 is 0. The van der Waals surface area contributed by atoms with Crippen molar-refractivity contribution < 1.29 is 9.53 Å². The van der Waals surface area contributed by atoms with Crippen molar-refractivity contribution in [2.45, 2.75) is 19.9 Å². The summed E-state index contributed by atoms with van der Waals surface area (Å²) in [5.41, 5.74) is 4.48. The lowest BCUT2D eigenvalue weighted by atomic mass is 10.1. The number of H-pyrrole nitrogens is 1. The van der Waals surface area contributed by atoms with E-state index in [0.29, 0.717) is 38.5 Å². The van der Waals surface area contributed by atoms with Crippen LogP contribution in [0.25, 0.3) is 11.0 Å². The third kappa shape index (κ3) is 5.44. The Kier molecular flexibility index (Phi) is 6.91. The van der Waals surface area contributed by atoms with Gasteiger partial charge in [-0.25, -0.2) is 9.78 Å². The molecular formula is C25H31N7O3. The quantitative estimate of drug-likeness (QED) is 0.579. The number of pyridine rings is 3. The number of ether oxygens (including phenoxy) is 1. The van der Waals surface area contributed by atoms with Crippen molar-refractivity contribution >= 4 is 28.6 Å². The van der Waals surface area contributed by atoms with E-state index in [-0.39, 0.29) is 11.6 Å². The average Bonchev–Trinajstić information content (AvgIpc) is 2.90. The molecule has 35 heavy (non-hydrogen) atoms. The predicted octanol–water partition coefficient (Wildman–Crippen LogP) is 2.07. The summed E-state index contributed by atoms with van der Waals surface area (Å²) in [6.07, 6.45) is 4.42. The molecule has 2 saturated heterocycles. The van der Waals surface area contributed by atoms with Gasteiger partial charge in [-0.3, -0.25) is 20.0 Å². The second-order valence-corrected chi connectivity index (χ2v) is 8.95. The van der Waals surface area contributed by atoms with Crippen LogP contribution >= 0.6 is 0 Å². The number of urea groups is 1. The molecule has 0 saturated carbocycles. The number of anilines is 2. The molecule has 0 aromatic carbocycles. The van der Waals surface area contributed by atoms with Gasteiger partial charge in [-0.2, -0.15) is 0 Å². The van der Waals surface area contributed by atoms with Gasteiger partial charge in [-0.15, -0.1) is 0 Å². The SMILES string of the molecule is CCc1cc2ncc(CN3CCN(c4ccc(NC(=O)N5CCOCC5)nc4)CC3)cc2[nH]c1=O. The molecule has 10 heteroatoms. The van der Waals surface area contributed by atoms with E-state index < -0.39 is 0 Å². The molecule has 10 nitrogen and oxygen atoms in total. The van der Waals surface area contributed by atoms with Crippen LogP contribution in [0.4, 0.5) is 16.3 Å². The van der Waals surface area contributed by atoms with Crippen LogP contribution in [-0.2, 0) is 17.7 Å². The maximum Gasteiger partial charge on any atom is 0.323 e. The molecule has 3 aromatic heterocycles. The van der Waals surface area contributed by atoms with Crippen molar-refractivity contribution in [3.63, 3.8) is 0 Å². The normalized spacial score (nSPS) is 17.1. The summed E-state index contributed by atoms with van der Waals surface area (Å²) in [6.45, 7) is 8.71. The molecule has 5 heterocycles. The van der Waals surface area contributed by atoms with Gasteiger partial charge in [0.2, 0.25) is 0 Å². The number of hydrogen-bond acceptors (Lipinski definition) is 7. The second kappa shape index (κ2) is 10.4. The Balaban J connectivity index is 1.14. The van der Waals surface area contributed by atoms with Gasteiger partial charge >= 0.3 is 6.03 Å². The molecule has 0 unspecified atom stereocenters. The summed E-state index contributed by atoms with van der Waals surface area (Å²) in [5, 5.41) is 2.86. The number of aryl methyl sites for hydroxylation is 1. The predicted molar refractivity (Wildman–Crippen MR) is 135 cm³/mol. The third-order valence-corrected chi connectivity index (χ3v) is 6.63. The van der Waals surface area contributed by atoms with E-state index in [2.05, 4.69) is 30.1 Å². The highest BCUT2D eigenvalue weighted by Crippen LogP contribution is 2.19. The van der Waals surface area contributed by atoms with E-state index in [1.165, 1.54) is 0 Å². The fraction of sp³-hybridized carbons (Fsp3) is 0.440. The molecule has 2 aliphatic rings. The van der Waals surface area contributed by atoms with E-state index in [0.717, 1.165) is 60.6 Å². The number of aromatic nitrogens is 3. The minimum atomic E-state index is -0.139. The Hall–Kier alpha value is -3.50. The maximum atomic E-state index is 12.3. The van der Waals surface area contributed by atoms with Crippen LogP contribution in [0.3, 0.4) is 0 Å². The van der Waals surface area contributed by atoms with Gasteiger partial charge in [0.25, 0.3) is 5.56 Å². The van der Waals surface area contributed by atoms with Gasteiger partial charge in [0.15, 0.2) is 0 Å². The van der Waals surface area contributed by atoms with Gasteiger partial charge in [-0.1, -0.05) is 6.92 Å². The van der Waals surface area contributed by atoms with E-state index in [1.807, 2.05) is 43.6 Å². The van der Waals surface area contributed by atoms with E-state index in [4.69, 9.17) is 4.74 Å². The molecular weight excluding hydrogens is 446 g/mol. The lowest BCUT2D eigenvalue weighted by Gasteiger charge is -2.36. The molecule has 2 fully saturated rings.